The topological polar surface area (TPSA) is 45.8 Å². The second-order valence-electron chi connectivity index (χ2n) is 5.55. The van der Waals surface area contributed by atoms with Crippen LogP contribution in [0.1, 0.15) is 11.1 Å². The lowest BCUT2D eigenvalue weighted by Crippen LogP contribution is -2.19. The molecule has 0 aliphatic carbocycles. The zero-order valence-corrected chi connectivity index (χ0v) is 13.1. The van der Waals surface area contributed by atoms with Crippen molar-refractivity contribution >= 4 is 0 Å². The van der Waals surface area contributed by atoms with Gasteiger partial charge in [0.25, 0.3) is 5.56 Å². The minimum absolute atomic E-state index is 0.0317. The molecule has 0 saturated heterocycles. The lowest BCUT2D eigenvalue weighted by Gasteiger charge is -2.11. The average Bonchev–Trinajstić information content (AvgIpc) is 2.58. The highest BCUT2D eigenvalue weighted by atomic mass is 16.1. The highest BCUT2D eigenvalue weighted by Gasteiger charge is 2.09. The van der Waals surface area contributed by atoms with E-state index in [4.69, 9.17) is 5.26 Å². The highest BCUT2D eigenvalue weighted by molar-refractivity contribution is 5.67. The molecule has 3 heteroatoms. The third-order valence-corrected chi connectivity index (χ3v) is 3.98. The molecule has 0 fully saturated rings. The van der Waals surface area contributed by atoms with Crippen molar-refractivity contribution in [2.75, 3.05) is 0 Å². The summed E-state index contributed by atoms with van der Waals surface area (Å²) in [6.45, 7) is 2.02. The predicted molar refractivity (Wildman–Crippen MR) is 92.0 cm³/mol. The van der Waals surface area contributed by atoms with Crippen molar-refractivity contribution < 1.29 is 0 Å². The SMILES string of the molecule is Cc1ccc(-c2ccc(-c3ccc(C#N)cc3)n(C)c2=O)cc1. The number of benzene rings is 2. The van der Waals surface area contributed by atoms with E-state index in [1.807, 2.05) is 55.5 Å². The summed E-state index contributed by atoms with van der Waals surface area (Å²) in [5.74, 6) is 0. The van der Waals surface area contributed by atoms with Crippen molar-refractivity contribution in [2.24, 2.45) is 7.05 Å². The van der Waals surface area contributed by atoms with Crippen LogP contribution >= 0.6 is 0 Å². The molecule has 23 heavy (non-hydrogen) atoms. The zero-order chi connectivity index (χ0) is 16.4. The highest BCUT2D eigenvalue weighted by Crippen LogP contribution is 2.22. The monoisotopic (exact) mass is 300 g/mol. The third-order valence-electron chi connectivity index (χ3n) is 3.98. The van der Waals surface area contributed by atoms with Gasteiger partial charge in [-0.25, -0.2) is 0 Å². The van der Waals surface area contributed by atoms with Crippen LogP contribution in [0.4, 0.5) is 0 Å². The van der Waals surface area contributed by atoms with Gasteiger partial charge in [0.05, 0.1) is 17.3 Å². The molecule has 112 valence electrons. The third kappa shape index (κ3) is 2.79. The molecule has 0 radical (unpaired) electrons. The molecule has 0 saturated carbocycles. The van der Waals surface area contributed by atoms with Gasteiger partial charge in [0.1, 0.15) is 0 Å². The van der Waals surface area contributed by atoms with E-state index in [-0.39, 0.29) is 5.56 Å². The van der Waals surface area contributed by atoms with Crippen LogP contribution in [0.2, 0.25) is 0 Å². The van der Waals surface area contributed by atoms with Gasteiger partial charge < -0.3 is 4.57 Å². The molecule has 0 unspecified atom stereocenters. The number of nitriles is 1. The summed E-state index contributed by atoms with van der Waals surface area (Å²) < 4.78 is 1.65. The van der Waals surface area contributed by atoms with Crippen molar-refractivity contribution in [3.63, 3.8) is 0 Å². The van der Waals surface area contributed by atoms with Crippen molar-refractivity contribution in [2.45, 2.75) is 6.92 Å². The minimum atomic E-state index is -0.0317. The van der Waals surface area contributed by atoms with Gasteiger partial charge in [0.15, 0.2) is 0 Å². The van der Waals surface area contributed by atoms with Gasteiger partial charge in [-0.05, 0) is 42.3 Å². The first-order chi connectivity index (χ1) is 11.1. The van der Waals surface area contributed by atoms with E-state index in [2.05, 4.69) is 6.07 Å². The second kappa shape index (κ2) is 5.94. The van der Waals surface area contributed by atoms with Crippen molar-refractivity contribution in [1.29, 1.82) is 5.26 Å². The van der Waals surface area contributed by atoms with E-state index in [1.165, 1.54) is 5.56 Å². The van der Waals surface area contributed by atoms with E-state index >= 15 is 0 Å². The molecule has 0 bridgehead atoms. The van der Waals surface area contributed by atoms with Crippen LogP contribution in [-0.4, -0.2) is 4.57 Å². The molecule has 0 N–H and O–H groups in total. The van der Waals surface area contributed by atoms with Gasteiger partial charge in [-0.15, -0.1) is 0 Å². The van der Waals surface area contributed by atoms with E-state index in [0.717, 1.165) is 16.8 Å². The first kappa shape index (κ1) is 14.8. The maximum Gasteiger partial charge on any atom is 0.258 e. The zero-order valence-electron chi connectivity index (χ0n) is 13.1. The summed E-state index contributed by atoms with van der Waals surface area (Å²) in [4.78, 5) is 12.7. The predicted octanol–water partition coefficient (Wildman–Crippen LogP) is 3.90. The average molecular weight is 300 g/mol. The number of aryl methyl sites for hydroxylation is 1. The number of hydrogen-bond donors (Lipinski definition) is 0. The standard InChI is InChI=1S/C20H16N2O/c1-14-3-7-16(8-4-14)18-11-12-19(22(2)20(18)23)17-9-5-15(13-21)6-10-17/h3-12H,1-2H3. The van der Waals surface area contributed by atoms with Crippen LogP contribution in [0.15, 0.2) is 65.5 Å². The van der Waals surface area contributed by atoms with Crippen LogP contribution < -0.4 is 5.56 Å². The molecule has 1 heterocycles. The van der Waals surface area contributed by atoms with Gasteiger partial charge in [-0.2, -0.15) is 5.26 Å². The Balaban J connectivity index is 2.08. The molecule has 2 aromatic carbocycles. The Bertz CT molecular complexity index is 943. The molecule has 3 aromatic rings. The summed E-state index contributed by atoms with van der Waals surface area (Å²) >= 11 is 0. The summed E-state index contributed by atoms with van der Waals surface area (Å²) in [5.41, 5.74) is 5.09. The molecule has 1 aromatic heterocycles. The lowest BCUT2D eigenvalue weighted by molar-refractivity contribution is 0.873. The minimum Gasteiger partial charge on any atom is -0.311 e. The van der Waals surface area contributed by atoms with Crippen LogP contribution in [0.25, 0.3) is 22.4 Å². The van der Waals surface area contributed by atoms with E-state index in [0.29, 0.717) is 11.1 Å². The Labute approximate surface area is 135 Å². The Morgan fingerprint density at radius 3 is 2.09 bits per heavy atom. The summed E-state index contributed by atoms with van der Waals surface area (Å²) in [6.07, 6.45) is 0. The van der Waals surface area contributed by atoms with Gasteiger partial charge in [0.2, 0.25) is 0 Å². The fourth-order valence-electron chi connectivity index (χ4n) is 2.59. The number of nitrogens with zero attached hydrogens (tertiary/aromatic N) is 2. The van der Waals surface area contributed by atoms with E-state index in [1.54, 1.807) is 23.7 Å². The summed E-state index contributed by atoms with van der Waals surface area (Å²) in [6, 6.07) is 21.1. The first-order valence-corrected chi connectivity index (χ1v) is 7.38. The Kier molecular flexibility index (Phi) is 3.82. The molecule has 3 nitrogen and oxygen atoms in total. The molecule has 0 aliphatic heterocycles. The maximum atomic E-state index is 12.7. The molecule has 0 amide bonds. The van der Waals surface area contributed by atoms with Gasteiger partial charge >= 0.3 is 0 Å². The van der Waals surface area contributed by atoms with Crippen molar-refractivity contribution in [1.82, 2.24) is 4.57 Å². The second-order valence-corrected chi connectivity index (χ2v) is 5.55. The quantitative estimate of drug-likeness (QED) is 0.720. The Morgan fingerprint density at radius 1 is 0.870 bits per heavy atom. The summed E-state index contributed by atoms with van der Waals surface area (Å²) in [7, 11) is 1.77. The molecular weight excluding hydrogens is 284 g/mol. The van der Waals surface area contributed by atoms with Gasteiger partial charge in [-0.3, -0.25) is 4.79 Å². The first-order valence-electron chi connectivity index (χ1n) is 7.38. The summed E-state index contributed by atoms with van der Waals surface area (Å²) in [5, 5.41) is 8.87. The number of aromatic nitrogens is 1. The fraction of sp³-hybridized carbons (Fsp3) is 0.100. The Hall–Kier alpha value is -3.12. The van der Waals surface area contributed by atoms with Crippen LogP contribution in [0, 0.1) is 18.3 Å². The van der Waals surface area contributed by atoms with Crippen molar-refractivity contribution in [3.05, 3.63) is 82.1 Å². The molecule has 3 rings (SSSR count). The van der Waals surface area contributed by atoms with E-state index in [9.17, 15) is 4.79 Å². The normalized spacial score (nSPS) is 10.3. The van der Waals surface area contributed by atoms with Gasteiger partial charge in [0, 0.05) is 12.6 Å². The van der Waals surface area contributed by atoms with Crippen LogP contribution in [-0.2, 0) is 7.05 Å². The Morgan fingerprint density at radius 2 is 1.48 bits per heavy atom. The maximum absolute atomic E-state index is 12.7. The number of pyridine rings is 1. The number of hydrogen-bond acceptors (Lipinski definition) is 2. The fourth-order valence-corrected chi connectivity index (χ4v) is 2.59. The van der Waals surface area contributed by atoms with Crippen LogP contribution in [0.3, 0.4) is 0 Å². The van der Waals surface area contributed by atoms with Crippen molar-refractivity contribution in [3.8, 4) is 28.5 Å². The molecule has 0 aliphatic rings. The number of rotatable bonds is 2. The largest absolute Gasteiger partial charge is 0.311 e. The molecule has 0 spiro atoms. The molecule has 0 atom stereocenters. The van der Waals surface area contributed by atoms with E-state index < -0.39 is 0 Å². The lowest BCUT2D eigenvalue weighted by atomic mass is 10.0. The van der Waals surface area contributed by atoms with Gasteiger partial charge in [-0.1, -0.05) is 42.0 Å². The van der Waals surface area contributed by atoms with Crippen LogP contribution in [0.5, 0.6) is 0 Å². The molecular formula is C20H16N2O. The smallest absolute Gasteiger partial charge is 0.258 e.